The molecule has 2 nitrogen and oxygen atoms in total. The van der Waals surface area contributed by atoms with Crippen molar-refractivity contribution in [3.8, 4) is 0 Å². The SMILES string of the molecule is CC(C)COCCC1(c2ccc(Cl)cc2)CNC1. The summed E-state index contributed by atoms with van der Waals surface area (Å²) in [6.45, 7) is 8.13. The van der Waals surface area contributed by atoms with Gasteiger partial charge in [0.15, 0.2) is 0 Å². The monoisotopic (exact) mass is 267 g/mol. The van der Waals surface area contributed by atoms with Crippen LogP contribution in [0.2, 0.25) is 5.02 Å². The second kappa shape index (κ2) is 6.05. The largest absolute Gasteiger partial charge is 0.381 e. The smallest absolute Gasteiger partial charge is 0.0488 e. The maximum absolute atomic E-state index is 5.94. The van der Waals surface area contributed by atoms with E-state index < -0.39 is 0 Å². The van der Waals surface area contributed by atoms with Crippen LogP contribution in [-0.2, 0) is 10.2 Å². The van der Waals surface area contributed by atoms with E-state index in [1.807, 2.05) is 12.1 Å². The molecule has 18 heavy (non-hydrogen) atoms. The molecular weight excluding hydrogens is 246 g/mol. The standard InChI is InChI=1S/C15H22ClNO/c1-12(2)9-18-8-7-15(10-17-11-15)13-3-5-14(16)6-4-13/h3-6,12,17H,7-11H2,1-2H3. The van der Waals surface area contributed by atoms with Crippen LogP contribution in [0.15, 0.2) is 24.3 Å². The van der Waals surface area contributed by atoms with Gasteiger partial charge in [-0.2, -0.15) is 0 Å². The van der Waals surface area contributed by atoms with Gasteiger partial charge in [-0.15, -0.1) is 0 Å². The molecule has 3 heteroatoms. The van der Waals surface area contributed by atoms with Gasteiger partial charge in [0.05, 0.1) is 0 Å². The molecule has 1 fully saturated rings. The Morgan fingerprint density at radius 1 is 1.28 bits per heavy atom. The summed E-state index contributed by atoms with van der Waals surface area (Å²) in [5.41, 5.74) is 1.63. The number of hydrogen-bond donors (Lipinski definition) is 1. The third kappa shape index (κ3) is 3.25. The summed E-state index contributed by atoms with van der Waals surface area (Å²) < 4.78 is 5.72. The van der Waals surface area contributed by atoms with E-state index in [0.717, 1.165) is 37.7 Å². The Kier molecular flexibility index (Phi) is 4.66. The van der Waals surface area contributed by atoms with Gasteiger partial charge in [-0.1, -0.05) is 37.6 Å². The minimum Gasteiger partial charge on any atom is -0.381 e. The second-order valence-corrected chi connectivity index (χ2v) is 6.05. The lowest BCUT2D eigenvalue weighted by Gasteiger charge is -2.43. The van der Waals surface area contributed by atoms with Crippen molar-refractivity contribution in [1.29, 1.82) is 0 Å². The van der Waals surface area contributed by atoms with Crippen molar-refractivity contribution in [3.05, 3.63) is 34.9 Å². The van der Waals surface area contributed by atoms with Gasteiger partial charge in [-0.05, 0) is 30.0 Å². The topological polar surface area (TPSA) is 21.3 Å². The van der Waals surface area contributed by atoms with E-state index in [4.69, 9.17) is 16.3 Å². The number of rotatable bonds is 6. The second-order valence-electron chi connectivity index (χ2n) is 5.61. The summed E-state index contributed by atoms with van der Waals surface area (Å²) in [7, 11) is 0. The molecule has 0 saturated carbocycles. The van der Waals surface area contributed by atoms with Gasteiger partial charge in [0.25, 0.3) is 0 Å². The molecule has 0 aromatic heterocycles. The highest BCUT2D eigenvalue weighted by Crippen LogP contribution is 2.32. The Labute approximate surface area is 115 Å². The normalized spacial score (nSPS) is 17.8. The number of halogens is 1. The molecule has 0 amide bonds. The Morgan fingerprint density at radius 3 is 2.44 bits per heavy atom. The molecule has 1 aromatic rings. The van der Waals surface area contributed by atoms with Crippen LogP contribution in [0.3, 0.4) is 0 Å². The van der Waals surface area contributed by atoms with Gasteiger partial charge in [-0.25, -0.2) is 0 Å². The summed E-state index contributed by atoms with van der Waals surface area (Å²) in [5, 5.41) is 4.18. The zero-order valence-corrected chi connectivity index (χ0v) is 12.0. The third-order valence-electron chi connectivity index (χ3n) is 3.56. The molecule has 0 radical (unpaired) electrons. The number of nitrogens with one attached hydrogen (secondary N) is 1. The Hall–Kier alpha value is -0.570. The van der Waals surface area contributed by atoms with E-state index in [2.05, 4.69) is 31.3 Å². The fourth-order valence-electron chi connectivity index (χ4n) is 2.34. The van der Waals surface area contributed by atoms with Gasteiger partial charge < -0.3 is 10.1 Å². The molecule has 1 aromatic carbocycles. The first-order valence-electron chi connectivity index (χ1n) is 6.67. The fourth-order valence-corrected chi connectivity index (χ4v) is 2.47. The highest BCUT2D eigenvalue weighted by molar-refractivity contribution is 6.30. The van der Waals surface area contributed by atoms with Crippen LogP contribution >= 0.6 is 11.6 Å². The summed E-state index contributed by atoms with van der Waals surface area (Å²) in [4.78, 5) is 0. The van der Waals surface area contributed by atoms with Crippen molar-refractivity contribution in [2.24, 2.45) is 5.92 Å². The van der Waals surface area contributed by atoms with E-state index in [-0.39, 0.29) is 5.41 Å². The number of hydrogen-bond acceptors (Lipinski definition) is 2. The Bertz CT molecular complexity index is 371. The zero-order valence-electron chi connectivity index (χ0n) is 11.2. The highest BCUT2D eigenvalue weighted by atomic mass is 35.5. The molecule has 1 saturated heterocycles. The van der Waals surface area contributed by atoms with Crippen LogP contribution in [0.5, 0.6) is 0 Å². The van der Waals surface area contributed by atoms with Gasteiger partial charge in [0, 0.05) is 36.7 Å². The summed E-state index contributed by atoms with van der Waals surface area (Å²) in [6.07, 6.45) is 1.08. The van der Waals surface area contributed by atoms with E-state index in [1.165, 1.54) is 5.56 Å². The maximum atomic E-state index is 5.94. The predicted octanol–water partition coefficient (Wildman–Crippen LogP) is 3.24. The molecule has 1 aliphatic heterocycles. The van der Waals surface area contributed by atoms with Gasteiger partial charge >= 0.3 is 0 Å². The van der Waals surface area contributed by atoms with Crippen LogP contribution in [0.1, 0.15) is 25.8 Å². The number of benzene rings is 1. The molecule has 1 aliphatic rings. The fraction of sp³-hybridized carbons (Fsp3) is 0.600. The van der Waals surface area contributed by atoms with E-state index in [0.29, 0.717) is 5.92 Å². The molecule has 0 atom stereocenters. The minimum atomic E-state index is 0.252. The van der Waals surface area contributed by atoms with Crippen LogP contribution < -0.4 is 5.32 Å². The Morgan fingerprint density at radius 2 is 1.94 bits per heavy atom. The molecule has 0 bridgehead atoms. The molecular formula is C15H22ClNO. The minimum absolute atomic E-state index is 0.252. The van der Waals surface area contributed by atoms with Crippen molar-refractivity contribution in [2.75, 3.05) is 26.3 Å². The quantitative estimate of drug-likeness (QED) is 0.799. The summed E-state index contributed by atoms with van der Waals surface area (Å²) in [5.74, 6) is 0.607. The van der Waals surface area contributed by atoms with Crippen molar-refractivity contribution in [1.82, 2.24) is 5.32 Å². The molecule has 1 heterocycles. The van der Waals surface area contributed by atoms with Crippen LogP contribution in [0.4, 0.5) is 0 Å². The van der Waals surface area contributed by atoms with Gasteiger partial charge in [-0.3, -0.25) is 0 Å². The molecule has 0 spiro atoms. The lowest BCUT2D eigenvalue weighted by atomic mass is 9.73. The van der Waals surface area contributed by atoms with Crippen molar-refractivity contribution < 1.29 is 4.74 Å². The van der Waals surface area contributed by atoms with Gasteiger partial charge in [0.2, 0.25) is 0 Å². The number of ether oxygens (including phenoxy) is 1. The first-order chi connectivity index (χ1) is 8.62. The predicted molar refractivity (Wildman–Crippen MR) is 76.3 cm³/mol. The van der Waals surface area contributed by atoms with Crippen molar-refractivity contribution in [2.45, 2.75) is 25.7 Å². The molecule has 1 N–H and O–H groups in total. The van der Waals surface area contributed by atoms with Crippen molar-refractivity contribution >= 4 is 11.6 Å². The van der Waals surface area contributed by atoms with Crippen LogP contribution in [-0.4, -0.2) is 26.3 Å². The average Bonchev–Trinajstić information content (AvgIpc) is 2.28. The molecule has 2 rings (SSSR count). The molecule has 100 valence electrons. The van der Waals surface area contributed by atoms with E-state index >= 15 is 0 Å². The van der Waals surface area contributed by atoms with Crippen LogP contribution in [0, 0.1) is 5.92 Å². The molecule has 0 unspecified atom stereocenters. The van der Waals surface area contributed by atoms with Gasteiger partial charge in [0.1, 0.15) is 0 Å². The first-order valence-corrected chi connectivity index (χ1v) is 7.05. The third-order valence-corrected chi connectivity index (χ3v) is 3.81. The lowest BCUT2D eigenvalue weighted by molar-refractivity contribution is 0.0817. The maximum Gasteiger partial charge on any atom is 0.0488 e. The average molecular weight is 268 g/mol. The zero-order chi connectivity index (χ0) is 13.0. The Balaban J connectivity index is 1.92. The summed E-state index contributed by atoms with van der Waals surface area (Å²) >= 11 is 5.94. The summed E-state index contributed by atoms with van der Waals surface area (Å²) in [6, 6.07) is 8.25. The first kappa shape index (κ1) is 13.9. The highest BCUT2D eigenvalue weighted by Gasteiger charge is 2.38. The van der Waals surface area contributed by atoms with E-state index in [1.54, 1.807) is 0 Å². The van der Waals surface area contributed by atoms with Crippen molar-refractivity contribution in [3.63, 3.8) is 0 Å². The van der Waals surface area contributed by atoms with E-state index in [9.17, 15) is 0 Å². The lowest BCUT2D eigenvalue weighted by Crippen LogP contribution is -2.57. The van der Waals surface area contributed by atoms with Crippen LogP contribution in [0.25, 0.3) is 0 Å². The molecule has 0 aliphatic carbocycles.